The normalized spacial score (nSPS) is 13.8. The van der Waals surface area contributed by atoms with Crippen LogP contribution in [0.15, 0.2) is 45.5 Å². The van der Waals surface area contributed by atoms with Gasteiger partial charge in [0, 0.05) is 0 Å². The quantitative estimate of drug-likeness (QED) is 0.900. The first-order valence-electron chi connectivity index (χ1n) is 5.45. The summed E-state index contributed by atoms with van der Waals surface area (Å²) in [7, 11) is 0. The summed E-state index contributed by atoms with van der Waals surface area (Å²) in [5.41, 5.74) is -1.46. The molecule has 2 rings (SSSR count). The molecule has 0 radical (unpaired) electrons. The molecule has 0 aliphatic heterocycles. The number of carboxylic acids is 1. The van der Waals surface area contributed by atoms with Gasteiger partial charge in [0.25, 0.3) is 0 Å². The largest absolute Gasteiger partial charge is 0.479 e. The van der Waals surface area contributed by atoms with E-state index in [9.17, 15) is 14.3 Å². The van der Waals surface area contributed by atoms with Crippen molar-refractivity contribution in [2.75, 3.05) is 5.32 Å². The molecule has 100 valence electrons. The number of aliphatic carboxylic acids is 1. The Labute approximate surface area is 117 Å². The van der Waals surface area contributed by atoms with Crippen LogP contribution in [-0.4, -0.2) is 11.1 Å². The number of carboxylic acid groups (broad SMARTS) is 1. The van der Waals surface area contributed by atoms with Crippen molar-refractivity contribution < 1.29 is 18.7 Å². The number of furan rings is 1. The molecular weight excluding hydrogens is 317 g/mol. The molecular formula is C13H11BrFNO3. The lowest BCUT2D eigenvalue weighted by atomic mass is 9.98. The van der Waals surface area contributed by atoms with Gasteiger partial charge in [0.05, 0.1) is 5.69 Å². The van der Waals surface area contributed by atoms with Crippen molar-refractivity contribution in [2.45, 2.75) is 12.5 Å². The fourth-order valence-corrected chi connectivity index (χ4v) is 1.94. The number of nitrogens with one attached hydrogen (secondary N) is 1. The Hall–Kier alpha value is -1.82. The summed E-state index contributed by atoms with van der Waals surface area (Å²) in [5.74, 6) is -1.52. The third-order valence-corrected chi connectivity index (χ3v) is 3.18. The SMILES string of the molecule is CC(Nc1ccccc1F)(C(=O)O)c1ccc(Br)o1. The molecule has 0 amide bonds. The Kier molecular flexibility index (Phi) is 3.61. The van der Waals surface area contributed by atoms with Crippen LogP contribution in [0.3, 0.4) is 0 Å². The number of carbonyl (C=O) groups is 1. The second kappa shape index (κ2) is 5.05. The molecule has 0 bridgehead atoms. The predicted molar refractivity (Wildman–Crippen MR) is 71.4 cm³/mol. The van der Waals surface area contributed by atoms with E-state index in [-0.39, 0.29) is 11.4 Å². The van der Waals surface area contributed by atoms with Gasteiger partial charge in [-0.15, -0.1) is 0 Å². The minimum Gasteiger partial charge on any atom is -0.479 e. The molecule has 0 aliphatic rings. The van der Waals surface area contributed by atoms with Crippen LogP contribution in [0, 0.1) is 5.82 Å². The lowest BCUT2D eigenvalue weighted by molar-refractivity contribution is -0.142. The van der Waals surface area contributed by atoms with Gasteiger partial charge in [-0.2, -0.15) is 0 Å². The van der Waals surface area contributed by atoms with Gasteiger partial charge in [-0.05, 0) is 47.1 Å². The maximum absolute atomic E-state index is 13.6. The van der Waals surface area contributed by atoms with Crippen LogP contribution in [0.2, 0.25) is 0 Å². The highest BCUT2D eigenvalue weighted by atomic mass is 79.9. The van der Waals surface area contributed by atoms with Crippen LogP contribution < -0.4 is 5.32 Å². The topological polar surface area (TPSA) is 62.5 Å². The van der Waals surface area contributed by atoms with Crippen LogP contribution in [0.5, 0.6) is 0 Å². The Bertz CT molecular complexity index is 613. The number of rotatable bonds is 4. The number of halogens is 2. The summed E-state index contributed by atoms with van der Waals surface area (Å²) in [5, 5.41) is 12.1. The molecule has 0 aliphatic carbocycles. The van der Waals surface area contributed by atoms with Crippen molar-refractivity contribution in [2.24, 2.45) is 0 Å². The zero-order valence-electron chi connectivity index (χ0n) is 9.98. The first kappa shape index (κ1) is 13.6. The zero-order chi connectivity index (χ0) is 14.0. The maximum Gasteiger partial charge on any atom is 0.337 e. The predicted octanol–water partition coefficient (Wildman–Crippen LogP) is 3.59. The fraction of sp³-hybridized carbons (Fsp3) is 0.154. The summed E-state index contributed by atoms with van der Waals surface area (Å²) >= 11 is 3.11. The van der Waals surface area contributed by atoms with E-state index in [4.69, 9.17) is 4.42 Å². The molecule has 1 atom stereocenters. The molecule has 19 heavy (non-hydrogen) atoms. The summed E-state index contributed by atoms with van der Waals surface area (Å²) in [6.45, 7) is 1.41. The summed E-state index contributed by atoms with van der Waals surface area (Å²) in [4.78, 5) is 11.5. The van der Waals surface area contributed by atoms with Crippen LogP contribution >= 0.6 is 15.9 Å². The van der Waals surface area contributed by atoms with Crippen LogP contribution in [0.25, 0.3) is 0 Å². The second-order valence-corrected chi connectivity index (χ2v) is 4.92. The summed E-state index contributed by atoms with van der Waals surface area (Å²) < 4.78 is 19.3. The molecule has 1 unspecified atom stereocenters. The lowest BCUT2D eigenvalue weighted by Gasteiger charge is -2.25. The van der Waals surface area contributed by atoms with Crippen molar-refractivity contribution in [1.82, 2.24) is 0 Å². The standard InChI is InChI=1S/C13H11BrFNO3/c1-13(12(17)18,10-6-7-11(14)19-10)16-9-5-3-2-4-8(9)15/h2-7,16H,1H3,(H,17,18). The van der Waals surface area contributed by atoms with Gasteiger partial charge in [0.2, 0.25) is 0 Å². The minimum absolute atomic E-state index is 0.0972. The smallest absolute Gasteiger partial charge is 0.337 e. The van der Waals surface area contributed by atoms with Crippen molar-refractivity contribution in [3.05, 3.63) is 52.6 Å². The Morgan fingerprint density at radius 2 is 2.05 bits per heavy atom. The van der Waals surface area contributed by atoms with E-state index in [0.717, 1.165) is 0 Å². The van der Waals surface area contributed by atoms with Crippen molar-refractivity contribution in [3.8, 4) is 0 Å². The van der Waals surface area contributed by atoms with Crippen LogP contribution in [-0.2, 0) is 10.3 Å². The molecule has 0 fully saturated rings. The van der Waals surface area contributed by atoms with Crippen LogP contribution in [0.4, 0.5) is 10.1 Å². The fourth-order valence-electron chi connectivity index (χ4n) is 1.64. The molecule has 0 saturated heterocycles. The van der Waals surface area contributed by atoms with Gasteiger partial charge in [0.15, 0.2) is 10.2 Å². The Balaban J connectivity index is 2.41. The highest BCUT2D eigenvalue weighted by Gasteiger charge is 2.39. The molecule has 1 aromatic heterocycles. The lowest BCUT2D eigenvalue weighted by Crippen LogP contribution is -2.40. The monoisotopic (exact) mass is 327 g/mol. The highest BCUT2D eigenvalue weighted by Crippen LogP contribution is 2.30. The van der Waals surface area contributed by atoms with Gasteiger partial charge >= 0.3 is 5.97 Å². The van der Waals surface area contributed by atoms with E-state index < -0.39 is 17.3 Å². The van der Waals surface area contributed by atoms with Crippen molar-refractivity contribution in [1.29, 1.82) is 0 Å². The number of anilines is 1. The molecule has 6 heteroatoms. The van der Waals surface area contributed by atoms with Gasteiger partial charge < -0.3 is 14.8 Å². The van der Waals surface area contributed by atoms with E-state index in [1.54, 1.807) is 12.1 Å². The van der Waals surface area contributed by atoms with E-state index in [0.29, 0.717) is 4.67 Å². The van der Waals surface area contributed by atoms with E-state index in [1.807, 2.05) is 0 Å². The highest BCUT2D eigenvalue weighted by molar-refractivity contribution is 9.10. The molecule has 2 aromatic rings. The van der Waals surface area contributed by atoms with Crippen molar-refractivity contribution >= 4 is 27.6 Å². The summed E-state index contributed by atoms with van der Waals surface area (Å²) in [6.07, 6.45) is 0. The van der Waals surface area contributed by atoms with E-state index in [1.165, 1.54) is 31.2 Å². The average molecular weight is 328 g/mol. The molecule has 1 aromatic carbocycles. The zero-order valence-corrected chi connectivity index (χ0v) is 11.6. The first-order valence-corrected chi connectivity index (χ1v) is 6.24. The maximum atomic E-state index is 13.6. The molecule has 4 nitrogen and oxygen atoms in total. The van der Waals surface area contributed by atoms with Gasteiger partial charge in [-0.1, -0.05) is 12.1 Å². The molecule has 1 heterocycles. The van der Waals surface area contributed by atoms with Gasteiger partial charge in [-0.3, -0.25) is 0 Å². The molecule has 0 saturated carbocycles. The minimum atomic E-state index is -1.56. The Morgan fingerprint density at radius 3 is 2.58 bits per heavy atom. The second-order valence-electron chi connectivity index (χ2n) is 4.14. The number of hydrogen-bond donors (Lipinski definition) is 2. The summed E-state index contributed by atoms with van der Waals surface area (Å²) in [6, 6.07) is 8.97. The average Bonchev–Trinajstić information content (AvgIpc) is 2.79. The van der Waals surface area contributed by atoms with Gasteiger partial charge in [-0.25, -0.2) is 9.18 Å². The van der Waals surface area contributed by atoms with E-state index in [2.05, 4.69) is 21.2 Å². The van der Waals surface area contributed by atoms with Crippen molar-refractivity contribution in [3.63, 3.8) is 0 Å². The number of benzene rings is 1. The molecule has 0 spiro atoms. The third kappa shape index (κ3) is 2.63. The van der Waals surface area contributed by atoms with Crippen LogP contribution in [0.1, 0.15) is 12.7 Å². The van der Waals surface area contributed by atoms with E-state index >= 15 is 0 Å². The molecule has 2 N–H and O–H groups in total. The number of para-hydroxylation sites is 1. The number of hydrogen-bond acceptors (Lipinski definition) is 3. The first-order chi connectivity index (χ1) is 8.93. The third-order valence-electron chi connectivity index (χ3n) is 2.75. The Morgan fingerprint density at radius 1 is 1.37 bits per heavy atom. The van der Waals surface area contributed by atoms with Gasteiger partial charge in [0.1, 0.15) is 11.6 Å².